The van der Waals surface area contributed by atoms with Gasteiger partial charge in [-0.15, -0.1) is 16.4 Å². The second kappa shape index (κ2) is 12.0. The second-order valence-corrected chi connectivity index (χ2v) is 10.6. The third-order valence-electron chi connectivity index (χ3n) is 5.25. The molecule has 0 aliphatic carbocycles. The van der Waals surface area contributed by atoms with E-state index in [9.17, 15) is 47.1 Å². The fourth-order valence-electron chi connectivity index (χ4n) is 3.20. The number of aliphatic carboxylic acids is 1. The van der Waals surface area contributed by atoms with E-state index in [-0.39, 0.29) is 14.9 Å². The predicted molar refractivity (Wildman–Crippen MR) is 142 cm³/mol. The molecule has 1 aliphatic rings. The van der Waals surface area contributed by atoms with Gasteiger partial charge in [0.25, 0.3) is 17.7 Å². The van der Waals surface area contributed by atoms with E-state index in [1.165, 1.54) is 10.1 Å². The molecule has 0 aromatic carbocycles. The van der Waals surface area contributed by atoms with Crippen molar-refractivity contribution in [2.45, 2.75) is 6.04 Å². The molecular formula is C19H17N11O12S2. The quantitative estimate of drug-likeness (QED) is 0.0615. The van der Waals surface area contributed by atoms with E-state index in [0.29, 0.717) is 22.0 Å². The lowest BCUT2D eigenvalue weighted by Gasteiger charge is -2.36. The number of anilines is 1. The zero-order valence-corrected chi connectivity index (χ0v) is 23.0. The van der Waals surface area contributed by atoms with E-state index in [1.807, 2.05) is 5.43 Å². The molecule has 4 rings (SSSR count). The van der Waals surface area contributed by atoms with Crippen molar-refractivity contribution in [1.29, 1.82) is 0 Å². The Bertz CT molecular complexity index is 1940. The van der Waals surface area contributed by atoms with Crippen molar-refractivity contribution in [1.82, 2.24) is 38.8 Å². The summed E-state index contributed by atoms with van der Waals surface area (Å²) in [6.45, 7) is -1.45. The van der Waals surface area contributed by atoms with Crippen LogP contribution in [0, 0.1) is 0 Å². The average Bonchev–Trinajstić information content (AvgIpc) is 3.54. The molecule has 8 N–H and O–H groups in total. The number of carbonyl (C=O) groups excluding carboxylic acids is 4. The van der Waals surface area contributed by atoms with E-state index >= 15 is 0 Å². The number of amides is 5. The summed E-state index contributed by atoms with van der Waals surface area (Å²) in [5, 5.41) is 28.2. The van der Waals surface area contributed by atoms with Crippen molar-refractivity contribution < 1.29 is 47.4 Å². The molecule has 0 unspecified atom stereocenters. The Morgan fingerprint density at radius 3 is 2.59 bits per heavy atom. The van der Waals surface area contributed by atoms with Crippen LogP contribution in [0.25, 0.3) is 0 Å². The van der Waals surface area contributed by atoms with Gasteiger partial charge in [0.1, 0.15) is 23.8 Å². The van der Waals surface area contributed by atoms with Crippen molar-refractivity contribution in [2.75, 3.05) is 24.3 Å². The van der Waals surface area contributed by atoms with Crippen LogP contribution in [-0.2, 0) is 29.4 Å². The fourth-order valence-corrected chi connectivity index (χ4v) is 4.63. The highest BCUT2D eigenvalue weighted by Crippen LogP contribution is 2.15. The summed E-state index contributed by atoms with van der Waals surface area (Å²) >= 11 is 0.918. The molecule has 1 fully saturated rings. The summed E-state index contributed by atoms with van der Waals surface area (Å²) in [6, 6.07) is -2.19. The molecule has 0 saturated carbocycles. The molecule has 0 radical (unpaired) electrons. The molecule has 4 heterocycles. The highest BCUT2D eigenvalue weighted by atomic mass is 32.2. The maximum absolute atomic E-state index is 12.7. The minimum absolute atomic E-state index is 0.0301. The molecule has 0 spiro atoms. The molecule has 23 nitrogen and oxygen atoms in total. The number of nitrogens with two attached hydrogens (primary N) is 1. The minimum atomic E-state index is -5.09. The minimum Gasteiger partial charge on any atom is -0.503 e. The number of imide groups is 1. The number of aromatic nitrogens is 5. The van der Waals surface area contributed by atoms with Crippen LogP contribution >= 0.6 is 11.3 Å². The SMILES string of the molecule is Nc1nc(/C(=N\OCC(=O)O)C(=O)N[C@H]2CN(C(=O)NS(=O)(=O)n3ncn(NC(=O)c4cc(=O)c(O)c[nH]4)c3=O)C2=O)cs1. The van der Waals surface area contributed by atoms with Crippen LogP contribution in [0.1, 0.15) is 16.2 Å². The van der Waals surface area contributed by atoms with Gasteiger partial charge < -0.3 is 31.1 Å². The van der Waals surface area contributed by atoms with Gasteiger partial charge in [0.2, 0.25) is 12.0 Å². The second-order valence-electron chi connectivity index (χ2n) is 8.23. The number of aromatic amines is 1. The number of hydrogen-bond donors (Lipinski definition) is 7. The first-order valence-corrected chi connectivity index (χ1v) is 13.7. The normalized spacial score (nSPS) is 14.8. The van der Waals surface area contributed by atoms with Gasteiger partial charge in [0, 0.05) is 17.6 Å². The summed E-state index contributed by atoms with van der Waals surface area (Å²) in [5.74, 6) is -5.35. The van der Waals surface area contributed by atoms with Crippen molar-refractivity contribution in [3.63, 3.8) is 0 Å². The van der Waals surface area contributed by atoms with E-state index in [0.717, 1.165) is 17.5 Å². The van der Waals surface area contributed by atoms with Crippen LogP contribution in [0.15, 0.2) is 38.7 Å². The largest absolute Gasteiger partial charge is 0.503 e. The van der Waals surface area contributed by atoms with Crippen molar-refractivity contribution in [3.05, 3.63) is 56.1 Å². The molecule has 5 amide bonds. The maximum Gasteiger partial charge on any atom is 0.380 e. The maximum atomic E-state index is 12.7. The van der Waals surface area contributed by atoms with E-state index in [4.69, 9.17) is 10.8 Å². The number of β-lactam (4-membered cyclic amide) rings is 1. The number of hydrogen-bond acceptors (Lipinski definition) is 16. The molecule has 25 heteroatoms. The first kappa shape index (κ1) is 30.8. The lowest BCUT2D eigenvalue weighted by molar-refractivity contribution is -0.142. The predicted octanol–water partition coefficient (Wildman–Crippen LogP) is -4.50. The Balaban J connectivity index is 1.38. The van der Waals surface area contributed by atoms with Crippen LogP contribution in [-0.4, -0.2) is 102 Å². The van der Waals surface area contributed by atoms with E-state index in [1.54, 1.807) is 0 Å². The van der Waals surface area contributed by atoms with Crippen LogP contribution in [0.3, 0.4) is 0 Å². The summed E-state index contributed by atoms with van der Waals surface area (Å²) in [7, 11) is -5.09. The standard InChI is InChI=1S/C19H17N11O12S2/c20-17-24-9(5-43-17)13(26-42-4-12(33)34)15(36)23-8-3-28(16(8)37)18(38)27-44(40,41)30-19(39)29(6-22-30)25-14(35)7-1-10(31)11(32)2-21-7/h1-2,5-6,8,32H,3-4H2,(H2,20,24)(H,21,31)(H,23,36)(H,25,35)(H,27,38)(H,33,34)/b26-13+/t8-/m0/s1. The number of nitrogens with one attached hydrogen (secondary N) is 4. The molecule has 3 aromatic heterocycles. The van der Waals surface area contributed by atoms with E-state index in [2.05, 4.69) is 30.4 Å². The highest BCUT2D eigenvalue weighted by Gasteiger charge is 2.44. The van der Waals surface area contributed by atoms with Crippen molar-refractivity contribution >= 4 is 62.1 Å². The Labute approximate surface area is 245 Å². The molecule has 3 aromatic rings. The number of carboxylic acid groups (broad SMARTS) is 1. The Hall–Kier alpha value is -6.11. The number of likely N-dealkylation sites (tertiary alicyclic amines) is 1. The zero-order valence-electron chi connectivity index (χ0n) is 21.4. The fraction of sp³-hybridized carbons (Fsp3) is 0.158. The number of carboxylic acids is 1. The molecule has 0 bridgehead atoms. The molecule has 1 aliphatic heterocycles. The molecule has 1 atom stereocenters. The number of urea groups is 1. The van der Waals surface area contributed by atoms with Gasteiger partial charge in [-0.1, -0.05) is 9.24 Å². The third kappa shape index (κ3) is 6.51. The number of thiazole rings is 1. The number of rotatable bonds is 10. The molecule has 44 heavy (non-hydrogen) atoms. The summed E-state index contributed by atoms with van der Waals surface area (Å²) < 4.78 is 26.7. The molecule has 1 saturated heterocycles. The zero-order chi connectivity index (χ0) is 32.3. The van der Waals surface area contributed by atoms with Crippen LogP contribution in [0.2, 0.25) is 0 Å². The van der Waals surface area contributed by atoms with Gasteiger partial charge in [-0.25, -0.2) is 24.1 Å². The topological polar surface area (TPSA) is 332 Å². The average molecular weight is 656 g/mol. The Morgan fingerprint density at radius 2 is 1.98 bits per heavy atom. The molecular weight excluding hydrogens is 638 g/mol. The van der Waals surface area contributed by atoms with Crippen LogP contribution in [0.5, 0.6) is 5.75 Å². The first-order chi connectivity index (χ1) is 20.7. The molecule has 232 valence electrons. The van der Waals surface area contributed by atoms with Crippen molar-refractivity contribution in [3.8, 4) is 5.75 Å². The van der Waals surface area contributed by atoms with Gasteiger partial charge in [0.05, 0.1) is 6.54 Å². The number of carbonyl (C=O) groups is 5. The van der Waals surface area contributed by atoms with Crippen LogP contribution < -0.4 is 32.3 Å². The summed E-state index contributed by atoms with van der Waals surface area (Å²) in [4.78, 5) is 95.6. The lowest BCUT2D eigenvalue weighted by Crippen LogP contribution is -2.68. The Kier molecular flexibility index (Phi) is 8.42. The number of oxime groups is 1. The van der Waals surface area contributed by atoms with Gasteiger partial charge in [-0.05, 0) is 0 Å². The van der Waals surface area contributed by atoms with Crippen LogP contribution in [0.4, 0.5) is 9.93 Å². The summed E-state index contributed by atoms with van der Waals surface area (Å²) in [6.07, 6.45) is 1.36. The lowest BCUT2D eigenvalue weighted by atomic mass is 10.1. The van der Waals surface area contributed by atoms with Gasteiger partial charge in [0.15, 0.2) is 16.6 Å². The number of H-pyrrole nitrogens is 1. The highest BCUT2D eigenvalue weighted by molar-refractivity contribution is 7.88. The summed E-state index contributed by atoms with van der Waals surface area (Å²) in [5.41, 5.74) is 3.96. The van der Waals surface area contributed by atoms with Gasteiger partial charge in [-0.3, -0.25) is 29.5 Å². The number of nitrogen functional groups attached to an aromatic ring is 1. The monoisotopic (exact) mass is 655 g/mol. The first-order valence-electron chi connectivity index (χ1n) is 11.4. The number of aromatic hydroxyl groups is 1. The smallest absolute Gasteiger partial charge is 0.380 e. The van der Waals surface area contributed by atoms with E-state index < -0.39 is 87.4 Å². The number of nitrogens with zero attached hydrogens (tertiary/aromatic N) is 6. The van der Waals surface area contributed by atoms with Crippen molar-refractivity contribution in [2.24, 2.45) is 5.16 Å². The Morgan fingerprint density at radius 1 is 1.25 bits per heavy atom. The third-order valence-corrected chi connectivity index (χ3v) is 7.06. The van der Waals surface area contributed by atoms with Gasteiger partial charge in [-0.2, -0.15) is 13.1 Å². The van der Waals surface area contributed by atoms with Gasteiger partial charge >= 0.3 is 27.9 Å². The number of pyridine rings is 1.